The highest BCUT2D eigenvalue weighted by Gasteiger charge is 2.26. The van der Waals surface area contributed by atoms with E-state index in [0.29, 0.717) is 23.4 Å². The predicted molar refractivity (Wildman–Crippen MR) is 96.5 cm³/mol. The van der Waals surface area contributed by atoms with Gasteiger partial charge in [0.1, 0.15) is 0 Å². The average molecular weight is 357 g/mol. The van der Waals surface area contributed by atoms with Crippen LogP contribution in [0.25, 0.3) is 0 Å². The molecule has 6 heteroatoms. The summed E-state index contributed by atoms with van der Waals surface area (Å²) in [4.78, 5) is 39.8. The van der Waals surface area contributed by atoms with E-state index in [1.54, 1.807) is 23.1 Å². The summed E-state index contributed by atoms with van der Waals surface area (Å²) in [7, 11) is 1.34. The fourth-order valence-corrected chi connectivity index (χ4v) is 3.80. The number of aryl methyl sites for hydroxylation is 1. The lowest BCUT2D eigenvalue weighted by Crippen LogP contribution is -2.29. The van der Waals surface area contributed by atoms with Crippen LogP contribution < -0.4 is 4.90 Å². The lowest BCUT2D eigenvalue weighted by Gasteiger charge is -2.17. The number of carbonyl (C=O) groups is 3. The molecule has 5 nitrogen and oxygen atoms in total. The number of rotatable bonds is 5. The van der Waals surface area contributed by atoms with Gasteiger partial charge in [0, 0.05) is 30.0 Å². The molecule has 0 fully saturated rings. The lowest BCUT2D eigenvalue weighted by molar-refractivity contribution is -0.118. The van der Waals surface area contributed by atoms with Crippen molar-refractivity contribution in [3.8, 4) is 0 Å². The molecule has 2 heterocycles. The largest absolute Gasteiger partial charge is 0.465 e. The van der Waals surface area contributed by atoms with Crippen molar-refractivity contribution in [1.82, 2.24) is 0 Å². The van der Waals surface area contributed by atoms with E-state index in [4.69, 9.17) is 4.74 Å². The molecule has 1 aliphatic heterocycles. The van der Waals surface area contributed by atoms with Crippen molar-refractivity contribution < 1.29 is 19.1 Å². The summed E-state index contributed by atoms with van der Waals surface area (Å²) in [6.07, 6.45) is 1.10. The first-order valence-electron chi connectivity index (χ1n) is 8.11. The number of amides is 1. The van der Waals surface area contributed by atoms with E-state index in [0.717, 1.165) is 16.1 Å². The molecule has 0 saturated carbocycles. The molecule has 0 bridgehead atoms. The molecule has 1 amide bonds. The van der Waals surface area contributed by atoms with Crippen LogP contribution in [0, 0.1) is 6.92 Å². The van der Waals surface area contributed by atoms with Gasteiger partial charge in [0.25, 0.3) is 0 Å². The van der Waals surface area contributed by atoms with Crippen molar-refractivity contribution in [3.05, 3.63) is 51.2 Å². The smallest absolute Gasteiger partial charge is 0.337 e. The number of Topliss-reactive ketones (excluding diaryl/α,β-unsaturated/α-hetero) is 1. The number of esters is 1. The highest BCUT2D eigenvalue weighted by Crippen LogP contribution is 2.30. The number of anilines is 1. The zero-order chi connectivity index (χ0) is 18.0. The fraction of sp³-hybridized carbons (Fsp3) is 0.316. The van der Waals surface area contributed by atoms with Gasteiger partial charge < -0.3 is 9.64 Å². The van der Waals surface area contributed by atoms with E-state index in [2.05, 4.69) is 0 Å². The van der Waals surface area contributed by atoms with Crippen LogP contribution in [0.4, 0.5) is 5.69 Å². The Bertz CT molecular complexity index is 840. The van der Waals surface area contributed by atoms with Crippen molar-refractivity contribution in [2.75, 3.05) is 18.6 Å². The molecule has 0 unspecified atom stereocenters. The maximum absolute atomic E-state index is 12.5. The Kier molecular flexibility index (Phi) is 4.99. The third kappa shape index (κ3) is 3.64. The number of benzene rings is 1. The predicted octanol–water partition coefficient (Wildman–Crippen LogP) is 3.40. The van der Waals surface area contributed by atoms with Crippen LogP contribution in [-0.2, 0) is 16.0 Å². The quantitative estimate of drug-likeness (QED) is 0.608. The third-order valence-electron chi connectivity index (χ3n) is 4.28. The molecule has 130 valence electrons. The number of hydrogen-bond donors (Lipinski definition) is 0. The van der Waals surface area contributed by atoms with E-state index in [9.17, 15) is 14.4 Å². The zero-order valence-corrected chi connectivity index (χ0v) is 15.0. The van der Waals surface area contributed by atoms with Gasteiger partial charge in [-0.05, 0) is 49.2 Å². The van der Waals surface area contributed by atoms with Gasteiger partial charge in [-0.15, -0.1) is 11.3 Å². The molecule has 1 aliphatic rings. The second-order valence-corrected chi connectivity index (χ2v) is 7.25. The van der Waals surface area contributed by atoms with Crippen molar-refractivity contribution in [1.29, 1.82) is 0 Å². The molecule has 1 aromatic heterocycles. The summed E-state index contributed by atoms with van der Waals surface area (Å²) in [5.41, 5.74) is 2.26. The number of methoxy groups -OCH3 is 1. The van der Waals surface area contributed by atoms with Gasteiger partial charge in [-0.25, -0.2) is 4.79 Å². The Labute approximate surface area is 150 Å². The number of hydrogen-bond acceptors (Lipinski definition) is 5. The van der Waals surface area contributed by atoms with Crippen LogP contribution in [0.15, 0.2) is 30.3 Å². The standard InChI is InChI=1S/C19H19NO4S/c1-12-3-7-17(25-12)16(21)6-8-18(22)20-10-9-13-11-14(19(23)24-2)4-5-15(13)20/h3-5,7,11H,6,8-10H2,1-2H3. The molecular weight excluding hydrogens is 338 g/mol. The minimum atomic E-state index is -0.385. The molecule has 1 aromatic carbocycles. The maximum Gasteiger partial charge on any atom is 0.337 e. The molecular formula is C19H19NO4S. The van der Waals surface area contributed by atoms with Crippen molar-refractivity contribution in [2.45, 2.75) is 26.2 Å². The summed E-state index contributed by atoms with van der Waals surface area (Å²) >= 11 is 1.46. The van der Waals surface area contributed by atoms with E-state index in [-0.39, 0.29) is 30.5 Å². The number of ketones is 1. The molecule has 3 rings (SSSR count). The second kappa shape index (κ2) is 7.19. The lowest BCUT2D eigenvalue weighted by atomic mass is 10.1. The van der Waals surface area contributed by atoms with E-state index >= 15 is 0 Å². The topological polar surface area (TPSA) is 63.7 Å². The summed E-state index contributed by atoms with van der Waals surface area (Å²) in [5, 5.41) is 0. The fourth-order valence-electron chi connectivity index (χ4n) is 2.97. The maximum atomic E-state index is 12.5. The van der Waals surface area contributed by atoms with E-state index < -0.39 is 0 Å². The van der Waals surface area contributed by atoms with Gasteiger partial charge in [0.2, 0.25) is 5.91 Å². The van der Waals surface area contributed by atoms with Crippen LogP contribution >= 0.6 is 11.3 Å². The monoisotopic (exact) mass is 357 g/mol. The van der Waals surface area contributed by atoms with Gasteiger partial charge >= 0.3 is 5.97 Å². The summed E-state index contributed by atoms with van der Waals surface area (Å²) in [5.74, 6) is -0.442. The summed E-state index contributed by atoms with van der Waals surface area (Å²) in [6.45, 7) is 2.53. The Morgan fingerprint density at radius 2 is 1.96 bits per heavy atom. The zero-order valence-electron chi connectivity index (χ0n) is 14.2. The highest BCUT2D eigenvalue weighted by molar-refractivity contribution is 7.14. The Hall–Kier alpha value is -2.47. The minimum Gasteiger partial charge on any atom is -0.465 e. The third-order valence-corrected chi connectivity index (χ3v) is 5.32. The number of ether oxygens (including phenoxy) is 1. The van der Waals surface area contributed by atoms with E-state index in [1.165, 1.54) is 18.4 Å². The Morgan fingerprint density at radius 3 is 2.64 bits per heavy atom. The van der Waals surface area contributed by atoms with Crippen LogP contribution in [0.1, 0.15) is 43.3 Å². The minimum absolute atomic E-state index is 0.00640. The van der Waals surface area contributed by atoms with Gasteiger partial charge in [-0.3, -0.25) is 9.59 Å². The molecule has 0 saturated heterocycles. The van der Waals surface area contributed by atoms with Crippen LogP contribution in [0.2, 0.25) is 0 Å². The van der Waals surface area contributed by atoms with Crippen LogP contribution in [0.3, 0.4) is 0 Å². The van der Waals surface area contributed by atoms with Crippen LogP contribution in [0.5, 0.6) is 0 Å². The Morgan fingerprint density at radius 1 is 1.16 bits per heavy atom. The average Bonchev–Trinajstić information content (AvgIpc) is 3.24. The summed E-state index contributed by atoms with van der Waals surface area (Å²) in [6, 6.07) is 8.93. The normalized spacial score (nSPS) is 12.8. The first kappa shape index (κ1) is 17.4. The number of fused-ring (bicyclic) bond motifs is 1. The first-order valence-corrected chi connectivity index (χ1v) is 8.92. The number of nitrogens with zero attached hydrogens (tertiary/aromatic N) is 1. The van der Waals surface area contributed by atoms with Crippen LogP contribution in [-0.4, -0.2) is 31.3 Å². The molecule has 25 heavy (non-hydrogen) atoms. The molecule has 0 radical (unpaired) electrons. The van der Waals surface area contributed by atoms with Crippen molar-refractivity contribution in [2.24, 2.45) is 0 Å². The molecule has 0 atom stereocenters. The summed E-state index contributed by atoms with van der Waals surface area (Å²) < 4.78 is 4.72. The van der Waals surface area contributed by atoms with Gasteiger partial charge in [0.15, 0.2) is 5.78 Å². The van der Waals surface area contributed by atoms with Crippen molar-refractivity contribution in [3.63, 3.8) is 0 Å². The molecule has 0 spiro atoms. The SMILES string of the molecule is COC(=O)c1ccc2c(c1)CCN2C(=O)CCC(=O)c1ccc(C)s1. The van der Waals surface area contributed by atoms with E-state index in [1.807, 2.05) is 19.1 Å². The highest BCUT2D eigenvalue weighted by atomic mass is 32.1. The first-order chi connectivity index (χ1) is 12.0. The number of carbonyl (C=O) groups excluding carboxylic acids is 3. The van der Waals surface area contributed by atoms with Gasteiger partial charge in [-0.2, -0.15) is 0 Å². The van der Waals surface area contributed by atoms with Gasteiger partial charge in [-0.1, -0.05) is 0 Å². The second-order valence-electron chi connectivity index (χ2n) is 5.96. The molecule has 2 aromatic rings. The molecule has 0 aliphatic carbocycles. The molecule has 0 N–H and O–H groups in total. The van der Waals surface area contributed by atoms with Gasteiger partial charge in [0.05, 0.1) is 17.6 Å². The van der Waals surface area contributed by atoms with Crippen molar-refractivity contribution >= 4 is 34.7 Å². The Balaban J connectivity index is 1.65. The number of thiophene rings is 1.